The summed E-state index contributed by atoms with van der Waals surface area (Å²) in [4.78, 5) is 0. The van der Waals surface area contributed by atoms with Gasteiger partial charge in [-0.05, 0) is 25.0 Å². The van der Waals surface area contributed by atoms with E-state index in [1.807, 2.05) is 56.3 Å². The van der Waals surface area contributed by atoms with Gasteiger partial charge in [0.25, 0.3) is 0 Å². The van der Waals surface area contributed by atoms with E-state index in [-0.39, 0.29) is 5.94 Å². The van der Waals surface area contributed by atoms with E-state index in [1.165, 1.54) is 0 Å². The van der Waals surface area contributed by atoms with Crippen molar-refractivity contribution >= 4 is 9.84 Å². The molecule has 0 N–H and O–H groups in total. The maximum Gasteiger partial charge on any atom is 0.196 e. The molecule has 0 bridgehead atoms. The van der Waals surface area contributed by atoms with Crippen LogP contribution >= 0.6 is 0 Å². The SMILES string of the molecule is Cc1cc(C)c2c(c1)C(c1ccccc1)S(=O)(=O)CO2. The van der Waals surface area contributed by atoms with Crippen molar-refractivity contribution in [2.75, 3.05) is 5.94 Å². The molecule has 0 saturated heterocycles. The topological polar surface area (TPSA) is 43.4 Å². The number of ether oxygens (including phenoxy) is 1. The molecule has 2 aromatic rings. The van der Waals surface area contributed by atoms with Gasteiger partial charge in [0.15, 0.2) is 15.8 Å². The Bertz CT molecular complexity index is 749. The first-order valence-corrected chi connectivity index (χ1v) is 8.21. The van der Waals surface area contributed by atoms with Crippen LogP contribution in [0.15, 0.2) is 42.5 Å². The second-order valence-corrected chi connectivity index (χ2v) is 7.25. The second kappa shape index (κ2) is 4.63. The lowest BCUT2D eigenvalue weighted by Gasteiger charge is -2.28. The van der Waals surface area contributed by atoms with Gasteiger partial charge in [0.05, 0.1) is 0 Å². The molecule has 0 spiro atoms. The third-order valence-corrected chi connectivity index (χ3v) is 5.25. The predicted molar refractivity (Wildman–Crippen MR) is 78.6 cm³/mol. The molecular formula is C16H16O3S. The number of sulfone groups is 1. The third-order valence-electron chi connectivity index (χ3n) is 3.56. The van der Waals surface area contributed by atoms with Crippen LogP contribution in [0, 0.1) is 13.8 Å². The summed E-state index contributed by atoms with van der Waals surface area (Å²) in [5, 5.41) is -0.633. The number of rotatable bonds is 1. The largest absolute Gasteiger partial charge is 0.477 e. The van der Waals surface area contributed by atoms with Gasteiger partial charge in [-0.25, -0.2) is 8.42 Å². The van der Waals surface area contributed by atoms with E-state index in [4.69, 9.17) is 4.74 Å². The van der Waals surface area contributed by atoms with Gasteiger partial charge < -0.3 is 4.74 Å². The molecule has 1 heterocycles. The van der Waals surface area contributed by atoms with Crippen LogP contribution in [0.2, 0.25) is 0 Å². The molecule has 2 aromatic carbocycles. The van der Waals surface area contributed by atoms with E-state index in [0.717, 1.165) is 22.3 Å². The van der Waals surface area contributed by atoms with Gasteiger partial charge in [0, 0.05) is 5.56 Å². The van der Waals surface area contributed by atoms with E-state index in [2.05, 4.69) is 0 Å². The van der Waals surface area contributed by atoms with Crippen molar-refractivity contribution in [2.45, 2.75) is 19.1 Å². The van der Waals surface area contributed by atoms with Gasteiger partial charge >= 0.3 is 0 Å². The number of hydrogen-bond acceptors (Lipinski definition) is 3. The lowest BCUT2D eigenvalue weighted by molar-refractivity contribution is 0.358. The first-order valence-electron chi connectivity index (χ1n) is 6.49. The molecule has 104 valence electrons. The Labute approximate surface area is 119 Å². The molecule has 1 unspecified atom stereocenters. The molecule has 0 amide bonds. The van der Waals surface area contributed by atoms with Crippen LogP contribution in [0.1, 0.15) is 27.5 Å². The fourth-order valence-electron chi connectivity index (χ4n) is 2.80. The zero-order valence-electron chi connectivity index (χ0n) is 11.5. The number of benzene rings is 2. The zero-order chi connectivity index (χ0) is 14.3. The second-order valence-electron chi connectivity index (χ2n) is 5.22. The Morgan fingerprint density at radius 3 is 2.50 bits per heavy atom. The first-order chi connectivity index (χ1) is 9.49. The lowest BCUT2D eigenvalue weighted by atomic mass is 9.98. The minimum absolute atomic E-state index is 0.260. The Hall–Kier alpha value is -1.81. The van der Waals surface area contributed by atoms with Crippen molar-refractivity contribution in [3.63, 3.8) is 0 Å². The van der Waals surface area contributed by atoms with E-state index in [1.54, 1.807) is 0 Å². The van der Waals surface area contributed by atoms with Crippen molar-refractivity contribution in [1.82, 2.24) is 0 Å². The molecule has 3 rings (SSSR count). The van der Waals surface area contributed by atoms with Crippen LogP contribution in [0.4, 0.5) is 0 Å². The Morgan fingerprint density at radius 2 is 1.80 bits per heavy atom. The summed E-state index contributed by atoms with van der Waals surface area (Å²) in [5.74, 6) is 0.447. The summed E-state index contributed by atoms with van der Waals surface area (Å²) in [5.41, 5.74) is 3.57. The van der Waals surface area contributed by atoms with Crippen molar-refractivity contribution in [2.24, 2.45) is 0 Å². The first kappa shape index (κ1) is 13.2. The van der Waals surface area contributed by atoms with Gasteiger partial charge in [0.2, 0.25) is 0 Å². The van der Waals surface area contributed by atoms with Crippen LogP contribution in [0.5, 0.6) is 5.75 Å². The minimum Gasteiger partial charge on any atom is -0.477 e. The Balaban J connectivity index is 2.28. The fraction of sp³-hybridized carbons (Fsp3) is 0.250. The molecule has 0 aromatic heterocycles. The van der Waals surface area contributed by atoms with Crippen molar-refractivity contribution in [3.8, 4) is 5.75 Å². The lowest BCUT2D eigenvalue weighted by Crippen LogP contribution is -2.27. The summed E-state index contributed by atoms with van der Waals surface area (Å²) in [7, 11) is -3.35. The van der Waals surface area contributed by atoms with E-state index in [0.29, 0.717) is 5.75 Å². The molecule has 20 heavy (non-hydrogen) atoms. The molecule has 0 fully saturated rings. The summed E-state index contributed by atoms with van der Waals surface area (Å²) < 4.78 is 30.4. The minimum atomic E-state index is -3.35. The summed E-state index contributed by atoms with van der Waals surface area (Å²) >= 11 is 0. The summed E-state index contributed by atoms with van der Waals surface area (Å²) in [6.07, 6.45) is 0. The number of aryl methyl sites for hydroxylation is 2. The predicted octanol–water partition coefficient (Wildman–Crippen LogP) is 3.16. The smallest absolute Gasteiger partial charge is 0.196 e. The van der Waals surface area contributed by atoms with Crippen LogP contribution in [0.3, 0.4) is 0 Å². The standard InChI is InChI=1S/C16H16O3S/c1-11-8-12(2)15-14(9-11)16(20(17,18)10-19-15)13-6-4-3-5-7-13/h3-9,16H,10H2,1-2H3. The maximum absolute atomic E-state index is 12.4. The van der Waals surface area contributed by atoms with E-state index >= 15 is 0 Å². The molecule has 3 nitrogen and oxygen atoms in total. The Kier molecular flexibility index (Phi) is 3.05. The molecule has 0 saturated carbocycles. The summed E-state index contributed by atoms with van der Waals surface area (Å²) in [6.45, 7) is 3.92. The van der Waals surface area contributed by atoms with Gasteiger partial charge in [-0.15, -0.1) is 0 Å². The molecule has 4 heteroatoms. The average Bonchev–Trinajstić information content (AvgIpc) is 2.38. The monoisotopic (exact) mass is 288 g/mol. The molecule has 1 aliphatic heterocycles. The normalized spacial score (nSPS) is 20.0. The van der Waals surface area contributed by atoms with Gasteiger partial charge in [-0.3, -0.25) is 0 Å². The third kappa shape index (κ3) is 2.10. The van der Waals surface area contributed by atoms with Crippen molar-refractivity contribution in [3.05, 3.63) is 64.7 Å². The molecule has 1 aliphatic rings. The molecule has 0 radical (unpaired) electrons. The van der Waals surface area contributed by atoms with Gasteiger partial charge in [-0.1, -0.05) is 48.0 Å². The highest BCUT2D eigenvalue weighted by atomic mass is 32.2. The van der Waals surface area contributed by atoms with E-state index in [9.17, 15) is 8.42 Å². The number of fused-ring (bicyclic) bond motifs is 1. The highest BCUT2D eigenvalue weighted by Gasteiger charge is 2.36. The Morgan fingerprint density at radius 1 is 1.10 bits per heavy atom. The van der Waals surface area contributed by atoms with Crippen molar-refractivity contribution < 1.29 is 13.2 Å². The molecule has 1 atom stereocenters. The zero-order valence-corrected chi connectivity index (χ0v) is 12.3. The average molecular weight is 288 g/mol. The highest BCUT2D eigenvalue weighted by molar-refractivity contribution is 7.91. The van der Waals surface area contributed by atoms with Crippen LogP contribution in [0.25, 0.3) is 0 Å². The molecule has 0 aliphatic carbocycles. The van der Waals surface area contributed by atoms with Crippen LogP contribution in [-0.4, -0.2) is 14.4 Å². The maximum atomic E-state index is 12.4. The van der Waals surface area contributed by atoms with Crippen LogP contribution < -0.4 is 4.74 Å². The quantitative estimate of drug-likeness (QED) is 0.809. The van der Waals surface area contributed by atoms with Gasteiger partial charge in [-0.2, -0.15) is 0 Å². The van der Waals surface area contributed by atoms with E-state index < -0.39 is 15.1 Å². The van der Waals surface area contributed by atoms with Crippen LogP contribution in [-0.2, 0) is 9.84 Å². The highest BCUT2D eigenvalue weighted by Crippen LogP contribution is 2.42. The van der Waals surface area contributed by atoms with Gasteiger partial charge in [0.1, 0.15) is 11.0 Å². The van der Waals surface area contributed by atoms with Crippen molar-refractivity contribution in [1.29, 1.82) is 0 Å². The summed E-state index contributed by atoms with van der Waals surface area (Å²) in [6, 6.07) is 13.3. The molecular weight excluding hydrogens is 272 g/mol. The number of hydrogen-bond donors (Lipinski definition) is 0. The fourth-order valence-corrected chi connectivity index (χ4v) is 4.35.